The summed E-state index contributed by atoms with van der Waals surface area (Å²) in [6.07, 6.45) is -2.24. The molecule has 0 saturated carbocycles. The molecule has 1 aliphatic rings. The molecule has 1 aliphatic heterocycles. The fourth-order valence-corrected chi connectivity index (χ4v) is 1.28. The first-order valence-corrected chi connectivity index (χ1v) is 3.83. The Bertz CT molecular complexity index is 218. The fourth-order valence-electron chi connectivity index (χ4n) is 1.28. The molecule has 1 heterocycles. The lowest BCUT2D eigenvalue weighted by atomic mass is 10.1. The minimum absolute atomic E-state index is 0.244. The third-order valence-corrected chi connectivity index (χ3v) is 1.92. The van der Waals surface area contributed by atoms with Gasteiger partial charge in [0.1, 0.15) is 12.3 Å². The smallest absolute Gasteiger partial charge is 0.132 e. The standard InChI is InChI=1S/C6H12N4O3/c1-12-2-3-4(9-10-8)5(11)6(7)13-3/h3-6,11H,2,7H2,1H3/t3-,4?,5+,6-/m1/s1. The summed E-state index contributed by atoms with van der Waals surface area (Å²) in [6.45, 7) is 0.244. The van der Waals surface area contributed by atoms with Crippen LogP contribution in [0.15, 0.2) is 5.11 Å². The molecular formula is C6H12N4O3. The van der Waals surface area contributed by atoms with E-state index in [0.29, 0.717) is 0 Å². The number of hydrogen-bond donors (Lipinski definition) is 2. The maximum atomic E-state index is 9.42. The molecule has 0 aromatic rings. The Labute approximate surface area is 75.1 Å². The Balaban J connectivity index is 2.67. The molecule has 13 heavy (non-hydrogen) atoms. The molecule has 74 valence electrons. The molecule has 0 bridgehead atoms. The van der Waals surface area contributed by atoms with Gasteiger partial charge in [0.15, 0.2) is 0 Å². The summed E-state index contributed by atoms with van der Waals surface area (Å²) in [5, 5.41) is 12.8. The summed E-state index contributed by atoms with van der Waals surface area (Å²) in [5.41, 5.74) is 13.6. The van der Waals surface area contributed by atoms with Crippen molar-refractivity contribution in [2.75, 3.05) is 13.7 Å². The Hall–Kier alpha value is -0.850. The average Bonchev–Trinajstić information content (AvgIpc) is 2.34. The predicted molar refractivity (Wildman–Crippen MR) is 43.7 cm³/mol. The van der Waals surface area contributed by atoms with Crippen molar-refractivity contribution >= 4 is 0 Å². The van der Waals surface area contributed by atoms with Crippen LogP contribution in [-0.2, 0) is 9.47 Å². The van der Waals surface area contributed by atoms with Crippen LogP contribution in [0.2, 0.25) is 0 Å². The van der Waals surface area contributed by atoms with Gasteiger partial charge in [0.2, 0.25) is 0 Å². The van der Waals surface area contributed by atoms with Gasteiger partial charge in [0.05, 0.1) is 18.8 Å². The van der Waals surface area contributed by atoms with Crippen LogP contribution in [0.5, 0.6) is 0 Å². The summed E-state index contributed by atoms with van der Waals surface area (Å²) in [6, 6.07) is -0.667. The number of ether oxygens (including phenoxy) is 2. The molecule has 1 fully saturated rings. The number of aliphatic hydroxyl groups is 1. The maximum Gasteiger partial charge on any atom is 0.132 e. The number of aliphatic hydroxyl groups excluding tert-OH is 1. The van der Waals surface area contributed by atoms with Gasteiger partial charge in [0, 0.05) is 12.0 Å². The monoisotopic (exact) mass is 188 g/mol. The summed E-state index contributed by atoms with van der Waals surface area (Å²) < 4.78 is 9.94. The van der Waals surface area contributed by atoms with E-state index >= 15 is 0 Å². The second-order valence-corrected chi connectivity index (χ2v) is 2.78. The summed E-state index contributed by atoms with van der Waals surface area (Å²) in [4.78, 5) is 2.61. The molecular weight excluding hydrogens is 176 g/mol. The lowest BCUT2D eigenvalue weighted by molar-refractivity contribution is -0.0156. The SMILES string of the molecule is COC[C@H]1O[C@@H](N)[C@@H](O)C1N=[N+]=[N-]. The Kier molecular flexibility index (Phi) is 3.47. The highest BCUT2D eigenvalue weighted by Crippen LogP contribution is 2.21. The molecule has 1 unspecified atom stereocenters. The molecule has 0 aliphatic carbocycles. The van der Waals surface area contributed by atoms with Crippen molar-refractivity contribution in [1.82, 2.24) is 0 Å². The molecule has 1 rings (SSSR count). The molecule has 0 aromatic heterocycles. The van der Waals surface area contributed by atoms with E-state index in [4.69, 9.17) is 20.7 Å². The van der Waals surface area contributed by atoms with Gasteiger partial charge < -0.3 is 20.3 Å². The van der Waals surface area contributed by atoms with Crippen molar-refractivity contribution in [3.8, 4) is 0 Å². The first kappa shape index (κ1) is 10.2. The van der Waals surface area contributed by atoms with Gasteiger partial charge in [-0.3, -0.25) is 0 Å². The largest absolute Gasteiger partial charge is 0.388 e. The van der Waals surface area contributed by atoms with Crippen molar-refractivity contribution in [3.05, 3.63) is 10.4 Å². The van der Waals surface area contributed by atoms with Crippen LogP contribution in [0.4, 0.5) is 0 Å². The average molecular weight is 188 g/mol. The second-order valence-electron chi connectivity index (χ2n) is 2.78. The van der Waals surface area contributed by atoms with Gasteiger partial charge in [-0.2, -0.15) is 0 Å². The first-order chi connectivity index (χ1) is 6.20. The number of nitrogens with two attached hydrogens (primary N) is 1. The number of rotatable bonds is 3. The summed E-state index contributed by atoms with van der Waals surface area (Å²) >= 11 is 0. The van der Waals surface area contributed by atoms with Crippen LogP contribution in [0, 0.1) is 0 Å². The summed E-state index contributed by atoms with van der Waals surface area (Å²) in [5.74, 6) is 0. The molecule has 3 N–H and O–H groups in total. The fraction of sp³-hybridized carbons (Fsp3) is 1.00. The van der Waals surface area contributed by atoms with Crippen LogP contribution in [0.3, 0.4) is 0 Å². The highest BCUT2D eigenvalue weighted by Gasteiger charge is 2.41. The van der Waals surface area contributed by atoms with E-state index in [1.807, 2.05) is 0 Å². The number of azide groups is 1. The molecule has 4 atom stereocenters. The lowest BCUT2D eigenvalue weighted by Crippen LogP contribution is -2.36. The minimum atomic E-state index is -0.962. The zero-order valence-electron chi connectivity index (χ0n) is 7.20. The zero-order chi connectivity index (χ0) is 9.84. The molecule has 7 heteroatoms. The van der Waals surface area contributed by atoms with E-state index in [1.54, 1.807) is 0 Å². The summed E-state index contributed by atoms with van der Waals surface area (Å²) in [7, 11) is 1.49. The van der Waals surface area contributed by atoms with Gasteiger partial charge in [-0.05, 0) is 5.53 Å². The van der Waals surface area contributed by atoms with Crippen LogP contribution in [-0.4, -0.2) is 43.3 Å². The van der Waals surface area contributed by atoms with Crippen LogP contribution in [0.25, 0.3) is 10.4 Å². The van der Waals surface area contributed by atoms with E-state index in [-0.39, 0.29) is 6.61 Å². The molecule has 0 spiro atoms. The lowest BCUT2D eigenvalue weighted by Gasteiger charge is -2.12. The zero-order valence-corrected chi connectivity index (χ0v) is 7.20. The van der Waals surface area contributed by atoms with Crippen molar-refractivity contribution in [3.63, 3.8) is 0 Å². The van der Waals surface area contributed by atoms with E-state index in [2.05, 4.69) is 10.0 Å². The van der Waals surface area contributed by atoms with Crippen molar-refractivity contribution in [2.45, 2.75) is 24.5 Å². The predicted octanol–water partition coefficient (Wildman–Crippen LogP) is -0.644. The normalized spacial score (nSPS) is 38.7. The Morgan fingerprint density at radius 1 is 1.77 bits per heavy atom. The Morgan fingerprint density at radius 2 is 2.46 bits per heavy atom. The molecule has 7 nitrogen and oxygen atoms in total. The minimum Gasteiger partial charge on any atom is -0.388 e. The van der Waals surface area contributed by atoms with Crippen molar-refractivity contribution in [1.29, 1.82) is 0 Å². The number of nitrogens with zero attached hydrogens (tertiary/aromatic N) is 3. The van der Waals surface area contributed by atoms with E-state index in [9.17, 15) is 5.11 Å². The van der Waals surface area contributed by atoms with E-state index < -0.39 is 24.5 Å². The van der Waals surface area contributed by atoms with Gasteiger partial charge in [0.25, 0.3) is 0 Å². The number of hydrogen-bond acceptors (Lipinski definition) is 5. The third-order valence-electron chi connectivity index (χ3n) is 1.92. The van der Waals surface area contributed by atoms with E-state index in [1.165, 1.54) is 7.11 Å². The van der Waals surface area contributed by atoms with Gasteiger partial charge >= 0.3 is 0 Å². The highest BCUT2D eigenvalue weighted by atomic mass is 16.6. The molecule has 1 saturated heterocycles. The molecule has 0 radical (unpaired) electrons. The Morgan fingerprint density at radius 3 is 3.00 bits per heavy atom. The third kappa shape index (κ3) is 2.09. The second kappa shape index (κ2) is 4.40. The van der Waals surface area contributed by atoms with Crippen LogP contribution in [0.1, 0.15) is 0 Å². The van der Waals surface area contributed by atoms with Gasteiger partial charge in [-0.15, -0.1) is 0 Å². The number of methoxy groups -OCH3 is 1. The molecule has 0 amide bonds. The van der Waals surface area contributed by atoms with Gasteiger partial charge in [-0.1, -0.05) is 5.11 Å². The highest BCUT2D eigenvalue weighted by molar-refractivity contribution is 4.93. The van der Waals surface area contributed by atoms with Crippen molar-refractivity contribution < 1.29 is 14.6 Å². The van der Waals surface area contributed by atoms with Gasteiger partial charge in [-0.25, -0.2) is 0 Å². The van der Waals surface area contributed by atoms with Crippen LogP contribution >= 0.6 is 0 Å². The molecule has 0 aromatic carbocycles. The maximum absolute atomic E-state index is 9.42. The van der Waals surface area contributed by atoms with Crippen molar-refractivity contribution in [2.24, 2.45) is 10.8 Å². The first-order valence-electron chi connectivity index (χ1n) is 3.83. The topological polar surface area (TPSA) is 113 Å². The quantitative estimate of drug-likeness (QED) is 0.348. The van der Waals surface area contributed by atoms with E-state index in [0.717, 1.165) is 0 Å². The van der Waals surface area contributed by atoms with Crippen LogP contribution < -0.4 is 5.73 Å².